The molecule has 2 aromatic carbocycles. The van der Waals surface area contributed by atoms with Crippen LogP contribution < -0.4 is 9.64 Å². The minimum atomic E-state index is -0.849. The maximum atomic E-state index is 13.0. The number of aliphatic hydroxyl groups is 1. The first kappa shape index (κ1) is 19.8. The number of rotatable bonds is 5. The Balaban J connectivity index is 1.94. The van der Waals surface area contributed by atoms with Crippen LogP contribution >= 0.6 is 11.3 Å². The Labute approximate surface area is 177 Å². The van der Waals surface area contributed by atoms with E-state index in [0.717, 1.165) is 5.01 Å². The molecule has 1 aliphatic rings. The van der Waals surface area contributed by atoms with Crippen molar-refractivity contribution in [1.82, 2.24) is 10.2 Å². The van der Waals surface area contributed by atoms with Crippen molar-refractivity contribution in [2.24, 2.45) is 0 Å². The van der Waals surface area contributed by atoms with E-state index in [-0.39, 0.29) is 11.3 Å². The smallest absolute Gasteiger partial charge is 0.301 e. The van der Waals surface area contributed by atoms with Crippen molar-refractivity contribution < 1.29 is 19.4 Å². The van der Waals surface area contributed by atoms with E-state index in [4.69, 9.17) is 4.74 Å². The monoisotopic (exact) mass is 421 g/mol. The number of nitrogens with zero attached hydrogens (tertiary/aromatic N) is 3. The summed E-state index contributed by atoms with van der Waals surface area (Å²) in [6.07, 6.45) is 0.662. The average Bonchev–Trinajstić information content (AvgIpc) is 3.36. The second kappa shape index (κ2) is 8.08. The molecule has 2 heterocycles. The van der Waals surface area contributed by atoms with Gasteiger partial charge in [0.1, 0.15) is 16.5 Å². The van der Waals surface area contributed by atoms with E-state index in [2.05, 4.69) is 10.2 Å². The number of ketones is 1. The summed E-state index contributed by atoms with van der Waals surface area (Å²) in [7, 11) is 1.54. The summed E-state index contributed by atoms with van der Waals surface area (Å²) in [5.41, 5.74) is 1.09. The third-order valence-electron chi connectivity index (χ3n) is 4.87. The van der Waals surface area contributed by atoms with Gasteiger partial charge in [-0.1, -0.05) is 60.7 Å². The van der Waals surface area contributed by atoms with Crippen LogP contribution in [-0.2, 0) is 16.0 Å². The molecule has 3 aromatic rings. The highest BCUT2D eigenvalue weighted by Gasteiger charge is 2.48. The van der Waals surface area contributed by atoms with Gasteiger partial charge in [-0.05, 0) is 24.1 Å². The third kappa shape index (κ3) is 3.35. The molecule has 1 unspecified atom stereocenters. The van der Waals surface area contributed by atoms with Crippen LogP contribution in [0.25, 0.3) is 5.76 Å². The summed E-state index contributed by atoms with van der Waals surface area (Å²) >= 11 is 1.25. The molecular weight excluding hydrogens is 402 g/mol. The van der Waals surface area contributed by atoms with Crippen LogP contribution in [0.3, 0.4) is 0 Å². The summed E-state index contributed by atoms with van der Waals surface area (Å²) in [6.45, 7) is 1.94. The van der Waals surface area contributed by atoms with Gasteiger partial charge >= 0.3 is 5.91 Å². The largest absolute Gasteiger partial charge is 0.507 e. The molecule has 30 heavy (non-hydrogen) atoms. The van der Waals surface area contributed by atoms with Crippen molar-refractivity contribution in [3.8, 4) is 5.75 Å². The number of aromatic nitrogens is 2. The first-order valence-electron chi connectivity index (χ1n) is 9.38. The van der Waals surface area contributed by atoms with Crippen molar-refractivity contribution in [2.75, 3.05) is 12.0 Å². The van der Waals surface area contributed by atoms with Crippen molar-refractivity contribution in [3.05, 3.63) is 76.3 Å². The molecule has 1 saturated heterocycles. The summed E-state index contributed by atoms with van der Waals surface area (Å²) in [6, 6.07) is 14.9. The molecular formula is C22H19N3O4S. The number of methoxy groups -OCH3 is 1. The van der Waals surface area contributed by atoms with Gasteiger partial charge in [0.25, 0.3) is 5.78 Å². The molecule has 7 nitrogen and oxygen atoms in total. The lowest BCUT2D eigenvalue weighted by atomic mass is 9.95. The molecule has 4 rings (SSSR count). The normalized spacial score (nSPS) is 18.1. The van der Waals surface area contributed by atoms with Crippen LogP contribution in [0.4, 0.5) is 5.13 Å². The highest BCUT2D eigenvalue weighted by molar-refractivity contribution is 7.15. The Morgan fingerprint density at radius 1 is 1.13 bits per heavy atom. The molecule has 0 aliphatic carbocycles. The zero-order valence-electron chi connectivity index (χ0n) is 16.4. The van der Waals surface area contributed by atoms with E-state index in [9.17, 15) is 14.7 Å². The molecule has 0 saturated carbocycles. The summed E-state index contributed by atoms with van der Waals surface area (Å²) in [5, 5.41) is 20.3. The molecule has 1 aromatic heterocycles. The van der Waals surface area contributed by atoms with Gasteiger partial charge in [0.15, 0.2) is 0 Å². The predicted molar refractivity (Wildman–Crippen MR) is 114 cm³/mol. The van der Waals surface area contributed by atoms with Gasteiger partial charge < -0.3 is 9.84 Å². The van der Waals surface area contributed by atoms with Crippen LogP contribution in [0, 0.1) is 0 Å². The number of benzene rings is 2. The number of aryl methyl sites for hydroxylation is 1. The number of aliphatic hydroxyl groups excluding tert-OH is 1. The Kier molecular flexibility index (Phi) is 5.33. The Bertz CT molecular complexity index is 1140. The zero-order chi connectivity index (χ0) is 21.3. The van der Waals surface area contributed by atoms with Crippen LogP contribution in [0.2, 0.25) is 0 Å². The lowest BCUT2D eigenvalue weighted by Gasteiger charge is -2.22. The number of carbonyl (C=O) groups is 2. The lowest BCUT2D eigenvalue weighted by Crippen LogP contribution is -2.29. The SMILES string of the molecule is CCc1nnc(N2C(=O)C(=O)/C(=C(/O)c3ccccc3)C2c2cccc(OC)c2)s1. The third-order valence-corrected chi connectivity index (χ3v) is 5.93. The van der Waals surface area contributed by atoms with Gasteiger partial charge in [0, 0.05) is 5.56 Å². The summed E-state index contributed by atoms with van der Waals surface area (Å²) < 4.78 is 5.32. The van der Waals surface area contributed by atoms with Crippen LogP contribution in [0.15, 0.2) is 60.2 Å². The van der Waals surface area contributed by atoms with Gasteiger partial charge in [-0.3, -0.25) is 14.5 Å². The maximum absolute atomic E-state index is 13.0. The summed E-state index contributed by atoms with van der Waals surface area (Å²) in [5.74, 6) is -1.18. The van der Waals surface area contributed by atoms with Crippen LogP contribution in [-0.4, -0.2) is 34.1 Å². The Morgan fingerprint density at radius 2 is 1.90 bits per heavy atom. The number of anilines is 1. The first-order valence-corrected chi connectivity index (χ1v) is 10.2. The number of amides is 1. The molecule has 1 N–H and O–H groups in total. The Hall–Kier alpha value is -3.52. The second-order valence-corrected chi connectivity index (χ2v) is 7.68. The average molecular weight is 421 g/mol. The lowest BCUT2D eigenvalue weighted by molar-refractivity contribution is -0.132. The molecule has 0 bridgehead atoms. The molecule has 8 heteroatoms. The van der Waals surface area contributed by atoms with Gasteiger partial charge in [-0.25, -0.2) is 0 Å². The predicted octanol–water partition coefficient (Wildman–Crippen LogP) is 3.74. The second-order valence-electron chi connectivity index (χ2n) is 6.64. The standard InChI is InChI=1S/C22H19N3O4S/c1-3-16-23-24-22(30-16)25-18(14-10-7-11-15(12-14)29-2)17(20(27)21(25)28)19(26)13-8-5-4-6-9-13/h4-12,18,26H,3H2,1-2H3/b19-17+. The number of Topliss-reactive ketones (excluding diaryl/α,β-unsaturated/α-hetero) is 1. The van der Waals surface area contributed by atoms with Crippen molar-refractivity contribution >= 4 is 33.9 Å². The Morgan fingerprint density at radius 3 is 2.57 bits per heavy atom. The first-order chi connectivity index (χ1) is 14.5. The van der Waals surface area contributed by atoms with Crippen molar-refractivity contribution in [2.45, 2.75) is 19.4 Å². The van der Waals surface area contributed by atoms with E-state index in [1.54, 1.807) is 48.5 Å². The fourth-order valence-electron chi connectivity index (χ4n) is 3.39. The van der Waals surface area contributed by atoms with Crippen LogP contribution in [0.1, 0.15) is 29.1 Å². The maximum Gasteiger partial charge on any atom is 0.301 e. The van der Waals surface area contributed by atoms with Gasteiger partial charge in [0.2, 0.25) is 5.13 Å². The molecule has 0 spiro atoms. The molecule has 152 valence electrons. The number of carbonyl (C=O) groups excluding carboxylic acids is 2. The van der Waals surface area contributed by atoms with Gasteiger partial charge in [-0.15, -0.1) is 10.2 Å². The minimum absolute atomic E-state index is 0.00713. The van der Waals surface area contributed by atoms with Crippen molar-refractivity contribution in [3.63, 3.8) is 0 Å². The molecule has 1 fully saturated rings. The number of hydrogen-bond donors (Lipinski definition) is 1. The number of ether oxygens (including phenoxy) is 1. The fourth-order valence-corrected chi connectivity index (χ4v) is 4.20. The number of hydrogen-bond acceptors (Lipinski definition) is 7. The molecule has 1 atom stereocenters. The van der Waals surface area contributed by atoms with Crippen LogP contribution in [0.5, 0.6) is 5.75 Å². The molecule has 0 radical (unpaired) electrons. The van der Waals surface area contributed by atoms with Gasteiger partial charge in [0.05, 0.1) is 18.7 Å². The van der Waals surface area contributed by atoms with Crippen molar-refractivity contribution in [1.29, 1.82) is 0 Å². The van der Waals surface area contributed by atoms with E-state index in [1.807, 2.05) is 13.0 Å². The minimum Gasteiger partial charge on any atom is -0.507 e. The highest BCUT2D eigenvalue weighted by atomic mass is 32.1. The quantitative estimate of drug-likeness (QED) is 0.383. The molecule has 1 amide bonds. The van der Waals surface area contributed by atoms with E-state index in [1.165, 1.54) is 23.3 Å². The highest BCUT2D eigenvalue weighted by Crippen LogP contribution is 2.43. The fraction of sp³-hybridized carbons (Fsp3) is 0.182. The van der Waals surface area contributed by atoms with E-state index >= 15 is 0 Å². The van der Waals surface area contributed by atoms with E-state index < -0.39 is 17.7 Å². The van der Waals surface area contributed by atoms with E-state index in [0.29, 0.717) is 28.4 Å². The van der Waals surface area contributed by atoms with Gasteiger partial charge in [-0.2, -0.15) is 0 Å². The summed E-state index contributed by atoms with van der Waals surface area (Å²) in [4.78, 5) is 27.4. The topological polar surface area (TPSA) is 92.6 Å². The molecule has 1 aliphatic heterocycles. The zero-order valence-corrected chi connectivity index (χ0v) is 17.2.